The summed E-state index contributed by atoms with van der Waals surface area (Å²) in [6, 6.07) is 12.6. The summed E-state index contributed by atoms with van der Waals surface area (Å²) >= 11 is 0. The van der Waals surface area contributed by atoms with Crippen molar-refractivity contribution in [3.8, 4) is 6.07 Å². The molecular weight excluding hydrogens is 324 g/mol. The molecule has 0 radical (unpaired) electrons. The maximum absolute atomic E-state index is 12.9. The predicted molar refractivity (Wildman–Crippen MR) is 104 cm³/mol. The van der Waals surface area contributed by atoms with E-state index in [1.165, 1.54) is 0 Å². The van der Waals surface area contributed by atoms with Gasteiger partial charge in [-0.05, 0) is 52.4 Å². The van der Waals surface area contributed by atoms with Crippen molar-refractivity contribution in [1.29, 1.82) is 5.26 Å². The molecule has 1 fully saturated rings. The van der Waals surface area contributed by atoms with E-state index in [2.05, 4.69) is 44.0 Å². The van der Waals surface area contributed by atoms with Gasteiger partial charge in [0, 0.05) is 31.9 Å². The van der Waals surface area contributed by atoms with Crippen LogP contribution >= 0.6 is 0 Å². The van der Waals surface area contributed by atoms with Gasteiger partial charge < -0.3 is 14.7 Å². The highest BCUT2D eigenvalue weighted by molar-refractivity contribution is 5.97. The van der Waals surface area contributed by atoms with Crippen molar-refractivity contribution in [3.05, 3.63) is 47.7 Å². The maximum atomic E-state index is 12.9. The maximum Gasteiger partial charge on any atom is 0.265 e. The van der Waals surface area contributed by atoms with E-state index in [0.29, 0.717) is 6.54 Å². The zero-order valence-corrected chi connectivity index (χ0v) is 16.4. The highest BCUT2D eigenvalue weighted by Crippen LogP contribution is 2.17. The molecule has 140 valence electrons. The van der Waals surface area contributed by atoms with Crippen molar-refractivity contribution in [2.75, 3.05) is 27.2 Å². The molecule has 0 saturated carbocycles. The molecule has 0 bridgehead atoms. The van der Waals surface area contributed by atoms with Crippen LogP contribution in [0.15, 0.2) is 42.1 Å². The molecular formula is C21H30N4O. The Morgan fingerprint density at radius 1 is 1.31 bits per heavy atom. The first kappa shape index (κ1) is 20.0. The average molecular weight is 354 g/mol. The van der Waals surface area contributed by atoms with Crippen molar-refractivity contribution in [3.63, 3.8) is 0 Å². The van der Waals surface area contributed by atoms with Crippen LogP contribution in [0.4, 0.5) is 0 Å². The van der Waals surface area contributed by atoms with Gasteiger partial charge in [-0.25, -0.2) is 0 Å². The number of carbonyl (C=O) groups excluding carboxylic acids is 1. The number of amides is 1. The van der Waals surface area contributed by atoms with Gasteiger partial charge in [0.15, 0.2) is 0 Å². The minimum Gasteiger partial charge on any atom is -0.369 e. The molecule has 26 heavy (non-hydrogen) atoms. The molecule has 0 atom stereocenters. The van der Waals surface area contributed by atoms with Crippen LogP contribution in [0.2, 0.25) is 0 Å². The van der Waals surface area contributed by atoms with Crippen LogP contribution < -0.4 is 0 Å². The fraction of sp³-hybridized carbons (Fsp3) is 0.524. The number of nitrogens with zero attached hydrogens (tertiary/aromatic N) is 4. The second kappa shape index (κ2) is 9.40. The van der Waals surface area contributed by atoms with Crippen molar-refractivity contribution in [2.24, 2.45) is 0 Å². The number of carbonyl (C=O) groups is 1. The van der Waals surface area contributed by atoms with E-state index in [1.54, 1.807) is 11.1 Å². The molecule has 2 rings (SSSR count). The van der Waals surface area contributed by atoms with Gasteiger partial charge in [-0.1, -0.05) is 30.3 Å². The van der Waals surface area contributed by atoms with Gasteiger partial charge >= 0.3 is 0 Å². The average Bonchev–Trinajstić information content (AvgIpc) is 2.65. The van der Waals surface area contributed by atoms with Gasteiger partial charge in [-0.15, -0.1) is 0 Å². The standard InChI is InChI=1S/C21H30N4O/c1-17(2)25(15-18-8-6-5-7-9-18)16-19(14-22)21(26)24(4)20-10-12-23(3)13-11-20/h5-9,16-17,20H,10-13,15H2,1-4H3/b19-16-. The van der Waals surface area contributed by atoms with Gasteiger partial charge in [0.1, 0.15) is 11.6 Å². The lowest BCUT2D eigenvalue weighted by molar-refractivity contribution is -0.128. The minimum absolute atomic E-state index is 0.180. The fourth-order valence-electron chi connectivity index (χ4n) is 3.21. The Morgan fingerprint density at radius 3 is 2.46 bits per heavy atom. The van der Waals surface area contributed by atoms with Gasteiger partial charge in [0.2, 0.25) is 0 Å². The molecule has 0 spiro atoms. The Balaban J connectivity index is 2.12. The van der Waals surface area contributed by atoms with Crippen molar-refractivity contribution in [1.82, 2.24) is 14.7 Å². The molecule has 0 aromatic heterocycles. The van der Waals surface area contributed by atoms with Gasteiger partial charge in [-0.2, -0.15) is 5.26 Å². The Morgan fingerprint density at radius 2 is 1.92 bits per heavy atom. The van der Waals surface area contributed by atoms with Crippen LogP contribution in [0.25, 0.3) is 0 Å². The van der Waals surface area contributed by atoms with E-state index in [9.17, 15) is 10.1 Å². The van der Waals surface area contributed by atoms with E-state index in [0.717, 1.165) is 31.5 Å². The normalized spacial score (nSPS) is 16.4. The Labute approximate surface area is 157 Å². The van der Waals surface area contributed by atoms with Crippen LogP contribution in [0.1, 0.15) is 32.3 Å². The van der Waals surface area contributed by atoms with Crippen LogP contribution in [-0.4, -0.2) is 59.9 Å². The first-order valence-corrected chi connectivity index (χ1v) is 9.29. The quantitative estimate of drug-likeness (QED) is 0.582. The molecule has 0 aliphatic carbocycles. The first-order valence-electron chi connectivity index (χ1n) is 9.29. The summed E-state index contributed by atoms with van der Waals surface area (Å²) in [4.78, 5) is 18.9. The van der Waals surface area contributed by atoms with Crippen LogP contribution in [0.5, 0.6) is 0 Å². The lowest BCUT2D eigenvalue weighted by Gasteiger charge is -2.35. The number of nitriles is 1. The summed E-state index contributed by atoms with van der Waals surface area (Å²) in [5, 5.41) is 9.58. The Bertz CT molecular complexity index is 654. The number of rotatable bonds is 6. The monoisotopic (exact) mass is 354 g/mol. The first-order chi connectivity index (χ1) is 12.4. The number of likely N-dealkylation sites (tertiary alicyclic amines) is 1. The molecule has 1 amide bonds. The molecule has 1 aromatic rings. The van der Waals surface area contributed by atoms with Crippen LogP contribution in [0, 0.1) is 11.3 Å². The smallest absolute Gasteiger partial charge is 0.265 e. The van der Waals surface area contributed by atoms with Crippen LogP contribution in [-0.2, 0) is 11.3 Å². The second-order valence-electron chi connectivity index (χ2n) is 7.36. The van der Waals surface area contributed by atoms with Gasteiger partial charge in [0.05, 0.1) is 0 Å². The van der Waals surface area contributed by atoms with E-state index in [1.807, 2.05) is 30.1 Å². The third-order valence-electron chi connectivity index (χ3n) is 5.07. The van der Waals surface area contributed by atoms with E-state index < -0.39 is 0 Å². The zero-order valence-electron chi connectivity index (χ0n) is 16.4. The number of hydrogen-bond donors (Lipinski definition) is 0. The Kier molecular flexibility index (Phi) is 7.23. The zero-order chi connectivity index (χ0) is 19.1. The third kappa shape index (κ3) is 5.34. The SMILES string of the molecule is CC(C)N(/C=C(/C#N)C(=O)N(C)C1CCN(C)CC1)Cc1ccccc1. The van der Waals surface area contributed by atoms with E-state index >= 15 is 0 Å². The lowest BCUT2D eigenvalue weighted by Crippen LogP contribution is -2.45. The molecule has 1 saturated heterocycles. The lowest BCUT2D eigenvalue weighted by atomic mass is 10.0. The summed E-state index contributed by atoms with van der Waals surface area (Å²) in [5.74, 6) is -0.180. The summed E-state index contributed by atoms with van der Waals surface area (Å²) in [7, 11) is 3.92. The second-order valence-corrected chi connectivity index (χ2v) is 7.36. The topological polar surface area (TPSA) is 50.6 Å². The molecule has 1 aliphatic heterocycles. The number of piperidine rings is 1. The molecule has 0 unspecified atom stereocenters. The van der Waals surface area contributed by atoms with Crippen molar-refractivity contribution in [2.45, 2.75) is 45.3 Å². The van der Waals surface area contributed by atoms with Crippen LogP contribution in [0.3, 0.4) is 0 Å². The highest BCUT2D eigenvalue weighted by atomic mass is 16.2. The predicted octanol–water partition coefficient (Wildman–Crippen LogP) is 2.86. The molecule has 1 aliphatic rings. The minimum atomic E-state index is -0.180. The molecule has 0 N–H and O–H groups in total. The van der Waals surface area contributed by atoms with Gasteiger partial charge in [0.25, 0.3) is 5.91 Å². The van der Waals surface area contributed by atoms with Crippen molar-refractivity contribution >= 4 is 5.91 Å². The molecule has 1 heterocycles. The largest absolute Gasteiger partial charge is 0.369 e. The molecule has 5 heteroatoms. The fourth-order valence-corrected chi connectivity index (χ4v) is 3.21. The Hall–Kier alpha value is -2.32. The number of likely N-dealkylation sites (N-methyl/N-ethyl adjacent to an activating group) is 1. The van der Waals surface area contributed by atoms with E-state index in [-0.39, 0.29) is 23.6 Å². The summed E-state index contributed by atoms with van der Waals surface area (Å²) in [6.07, 6.45) is 3.64. The van der Waals surface area contributed by atoms with Gasteiger partial charge in [-0.3, -0.25) is 4.79 Å². The van der Waals surface area contributed by atoms with Crippen molar-refractivity contribution < 1.29 is 4.79 Å². The summed E-state index contributed by atoms with van der Waals surface area (Å²) in [5.41, 5.74) is 1.36. The third-order valence-corrected chi connectivity index (χ3v) is 5.07. The summed E-state index contributed by atoms with van der Waals surface area (Å²) < 4.78 is 0. The molecule has 1 aromatic carbocycles. The summed E-state index contributed by atoms with van der Waals surface area (Å²) in [6.45, 7) is 6.79. The van der Waals surface area contributed by atoms with E-state index in [4.69, 9.17) is 0 Å². The number of benzene rings is 1. The molecule has 5 nitrogen and oxygen atoms in total. The highest BCUT2D eigenvalue weighted by Gasteiger charge is 2.26. The number of hydrogen-bond acceptors (Lipinski definition) is 4.